The van der Waals surface area contributed by atoms with Crippen LogP contribution in [-0.2, 0) is 11.3 Å². The molecule has 1 amide bonds. The Morgan fingerprint density at radius 1 is 1.07 bits per heavy atom. The van der Waals surface area contributed by atoms with Crippen molar-refractivity contribution in [3.8, 4) is 0 Å². The lowest BCUT2D eigenvalue weighted by Crippen LogP contribution is -2.60. The summed E-state index contributed by atoms with van der Waals surface area (Å²) in [6, 6.07) is 11.6. The number of para-hydroxylation sites is 1. The van der Waals surface area contributed by atoms with Crippen LogP contribution in [0.1, 0.15) is 38.5 Å². The van der Waals surface area contributed by atoms with Crippen molar-refractivity contribution in [1.29, 1.82) is 0 Å². The number of aromatic nitrogens is 1. The summed E-state index contributed by atoms with van der Waals surface area (Å²) in [4.78, 5) is 18.5. The number of fused-ring (bicyclic) bond motifs is 7. The SMILES string of the molecule is O=C(Cn1ccc2ccccc21)N1CCCC2=CC3CC(CN4CCCC[C@H]34)[C@@H]21. The van der Waals surface area contributed by atoms with E-state index in [9.17, 15) is 4.79 Å². The standard InChI is InChI=1S/C25H31N3O/c29-24(17-27-13-10-18-6-1-2-8-22(18)27)28-12-5-7-19-14-20-15-21(25(19)28)16-26-11-4-3-9-23(20)26/h1-2,6,8,10,13-14,20-21,23,25H,3-5,7,9,11-12,15-17H2/t20?,21?,23-,25-/m1/s1. The Morgan fingerprint density at radius 2 is 2.00 bits per heavy atom. The largest absolute Gasteiger partial charge is 0.338 e. The summed E-state index contributed by atoms with van der Waals surface area (Å²) >= 11 is 0. The van der Waals surface area contributed by atoms with Gasteiger partial charge in [0, 0.05) is 30.8 Å². The first kappa shape index (κ1) is 17.8. The van der Waals surface area contributed by atoms with Crippen molar-refractivity contribution in [2.24, 2.45) is 11.8 Å². The Labute approximate surface area is 173 Å². The zero-order chi connectivity index (χ0) is 19.4. The first-order valence-electron chi connectivity index (χ1n) is 11.6. The molecule has 1 aromatic carbocycles. The highest BCUT2D eigenvalue weighted by atomic mass is 16.2. The molecule has 0 saturated carbocycles. The predicted octanol–water partition coefficient (Wildman–Crippen LogP) is 4.06. The third kappa shape index (κ3) is 2.95. The van der Waals surface area contributed by atoms with Crippen molar-refractivity contribution in [3.05, 3.63) is 48.2 Å². The van der Waals surface area contributed by atoms with Crippen molar-refractivity contribution in [2.45, 2.75) is 57.2 Å². The van der Waals surface area contributed by atoms with Gasteiger partial charge in [0.25, 0.3) is 0 Å². The highest BCUT2D eigenvalue weighted by Crippen LogP contribution is 2.45. The molecule has 152 valence electrons. The summed E-state index contributed by atoms with van der Waals surface area (Å²) in [6.45, 7) is 3.83. The first-order chi connectivity index (χ1) is 14.3. The number of hydrogen-bond donors (Lipinski definition) is 0. The van der Waals surface area contributed by atoms with E-state index in [0.29, 0.717) is 24.4 Å². The summed E-state index contributed by atoms with van der Waals surface area (Å²) in [6.07, 6.45) is 12.4. The first-order valence-corrected chi connectivity index (χ1v) is 11.6. The highest BCUT2D eigenvalue weighted by Gasteiger charge is 2.46. The Morgan fingerprint density at radius 3 is 2.97 bits per heavy atom. The van der Waals surface area contributed by atoms with Gasteiger partial charge >= 0.3 is 0 Å². The molecule has 6 rings (SSSR count). The second-order valence-electron chi connectivity index (χ2n) is 9.60. The molecule has 0 spiro atoms. The average Bonchev–Trinajstić information content (AvgIpc) is 3.16. The van der Waals surface area contributed by atoms with Crippen molar-refractivity contribution in [1.82, 2.24) is 14.4 Å². The minimum absolute atomic E-state index is 0.293. The van der Waals surface area contributed by atoms with Crippen LogP contribution in [0.25, 0.3) is 10.9 Å². The van der Waals surface area contributed by atoms with Gasteiger partial charge in [0.05, 0.1) is 6.04 Å². The lowest BCUT2D eigenvalue weighted by molar-refractivity contribution is -0.136. The molecule has 0 N–H and O–H groups in total. The third-order valence-corrected chi connectivity index (χ3v) is 7.96. The van der Waals surface area contributed by atoms with Crippen molar-refractivity contribution in [3.63, 3.8) is 0 Å². The summed E-state index contributed by atoms with van der Waals surface area (Å²) in [5.74, 6) is 1.64. The molecule has 3 fully saturated rings. The maximum Gasteiger partial charge on any atom is 0.243 e. The number of rotatable bonds is 2. The van der Waals surface area contributed by atoms with Crippen molar-refractivity contribution < 1.29 is 4.79 Å². The zero-order valence-corrected chi connectivity index (χ0v) is 17.2. The molecule has 3 aliphatic heterocycles. The van der Waals surface area contributed by atoms with E-state index in [1.165, 1.54) is 50.6 Å². The van der Waals surface area contributed by atoms with E-state index in [-0.39, 0.29) is 0 Å². The van der Waals surface area contributed by atoms with E-state index in [0.717, 1.165) is 30.4 Å². The molecule has 0 radical (unpaired) electrons. The van der Waals surface area contributed by atoms with Crippen LogP contribution in [0.4, 0.5) is 0 Å². The molecule has 3 saturated heterocycles. The van der Waals surface area contributed by atoms with E-state index in [4.69, 9.17) is 0 Å². The van der Waals surface area contributed by atoms with Gasteiger partial charge in [0.15, 0.2) is 0 Å². The molecule has 4 heterocycles. The van der Waals surface area contributed by atoms with Crippen LogP contribution in [0, 0.1) is 11.8 Å². The lowest BCUT2D eigenvalue weighted by atomic mass is 9.68. The number of amides is 1. The molecule has 2 bridgehead atoms. The molecule has 4 aliphatic rings. The van der Waals surface area contributed by atoms with Crippen molar-refractivity contribution >= 4 is 16.8 Å². The molecule has 29 heavy (non-hydrogen) atoms. The zero-order valence-electron chi connectivity index (χ0n) is 17.2. The Hall–Kier alpha value is -2.07. The van der Waals surface area contributed by atoms with Crippen LogP contribution in [0.5, 0.6) is 0 Å². The van der Waals surface area contributed by atoms with Gasteiger partial charge in [-0.25, -0.2) is 0 Å². The second kappa shape index (κ2) is 7.02. The van der Waals surface area contributed by atoms with E-state index in [2.05, 4.69) is 57.0 Å². The lowest BCUT2D eigenvalue weighted by Gasteiger charge is -2.54. The Kier molecular flexibility index (Phi) is 4.30. The molecule has 1 aliphatic carbocycles. The Bertz CT molecular complexity index is 960. The normalized spacial score (nSPS) is 31.9. The van der Waals surface area contributed by atoms with Crippen LogP contribution in [0.3, 0.4) is 0 Å². The molecule has 4 nitrogen and oxygen atoms in total. The van der Waals surface area contributed by atoms with Crippen LogP contribution in [0.2, 0.25) is 0 Å². The number of piperidine rings is 3. The average molecular weight is 390 g/mol. The fourth-order valence-electron chi connectivity index (χ4n) is 6.77. The van der Waals surface area contributed by atoms with E-state index in [1.54, 1.807) is 5.57 Å². The van der Waals surface area contributed by atoms with Gasteiger partial charge in [0.1, 0.15) is 6.54 Å². The van der Waals surface area contributed by atoms with Crippen LogP contribution < -0.4 is 0 Å². The fraction of sp³-hybridized carbons (Fsp3) is 0.560. The number of nitrogens with zero attached hydrogens (tertiary/aromatic N) is 3. The van der Waals surface area contributed by atoms with E-state index >= 15 is 0 Å². The van der Waals surface area contributed by atoms with E-state index in [1.807, 2.05) is 0 Å². The van der Waals surface area contributed by atoms with Gasteiger partial charge in [-0.1, -0.05) is 36.3 Å². The summed E-state index contributed by atoms with van der Waals surface area (Å²) in [7, 11) is 0. The number of carbonyl (C=O) groups excluding carboxylic acids is 1. The summed E-state index contributed by atoms with van der Waals surface area (Å²) in [5, 5.41) is 1.21. The van der Waals surface area contributed by atoms with Gasteiger partial charge in [-0.2, -0.15) is 0 Å². The van der Waals surface area contributed by atoms with Crippen molar-refractivity contribution in [2.75, 3.05) is 19.6 Å². The quantitative estimate of drug-likeness (QED) is 0.725. The number of benzene rings is 1. The number of hydrogen-bond acceptors (Lipinski definition) is 2. The van der Waals surface area contributed by atoms with Gasteiger partial charge in [-0.15, -0.1) is 0 Å². The van der Waals surface area contributed by atoms with Gasteiger partial charge in [-0.05, 0) is 68.0 Å². The topological polar surface area (TPSA) is 28.5 Å². The number of carbonyl (C=O) groups is 1. The smallest absolute Gasteiger partial charge is 0.243 e. The molecular formula is C25H31N3O. The van der Waals surface area contributed by atoms with Gasteiger partial charge in [-0.3, -0.25) is 9.69 Å². The third-order valence-electron chi connectivity index (χ3n) is 7.96. The minimum atomic E-state index is 0.293. The predicted molar refractivity (Wildman–Crippen MR) is 116 cm³/mol. The van der Waals surface area contributed by atoms with Crippen LogP contribution >= 0.6 is 0 Å². The number of likely N-dealkylation sites (tertiary alicyclic amines) is 1. The molecule has 2 aromatic rings. The maximum absolute atomic E-state index is 13.5. The van der Waals surface area contributed by atoms with E-state index < -0.39 is 0 Å². The molecular weight excluding hydrogens is 358 g/mol. The molecule has 4 heteroatoms. The maximum atomic E-state index is 13.5. The summed E-state index contributed by atoms with van der Waals surface area (Å²) < 4.78 is 2.13. The highest BCUT2D eigenvalue weighted by molar-refractivity contribution is 5.83. The molecule has 4 atom stereocenters. The van der Waals surface area contributed by atoms with Crippen LogP contribution in [0.15, 0.2) is 48.2 Å². The van der Waals surface area contributed by atoms with Gasteiger partial charge in [0.2, 0.25) is 5.91 Å². The molecule has 1 aromatic heterocycles. The fourth-order valence-corrected chi connectivity index (χ4v) is 6.77. The minimum Gasteiger partial charge on any atom is -0.338 e. The summed E-state index contributed by atoms with van der Waals surface area (Å²) in [5.41, 5.74) is 2.74. The monoisotopic (exact) mass is 389 g/mol. The second-order valence-corrected chi connectivity index (χ2v) is 9.60. The van der Waals surface area contributed by atoms with Crippen LogP contribution in [-0.4, -0.2) is 52.0 Å². The Balaban J connectivity index is 1.27. The van der Waals surface area contributed by atoms with Gasteiger partial charge < -0.3 is 9.47 Å². The molecule has 2 unspecified atom stereocenters.